The van der Waals surface area contributed by atoms with Gasteiger partial charge in [0.05, 0.1) is 18.7 Å². The summed E-state index contributed by atoms with van der Waals surface area (Å²) in [4.78, 5) is 16.6. The monoisotopic (exact) mass is 307 g/mol. The second-order valence-corrected chi connectivity index (χ2v) is 5.33. The Kier molecular flexibility index (Phi) is 4.35. The summed E-state index contributed by atoms with van der Waals surface area (Å²) in [6.07, 6.45) is 0.766. The van der Waals surface area contributed by atoms with Gasteiger partial charge in [-0.05, 0) is 42.0 Å². The van der Waals surface area contributed by atoms with Crippen LogP contribution in [0.15, 0.2) is 60.8 Å². The highest BCUT2D eigenvalue weighted by Gasteiger charge is 2.15. The van der Waals surface area contributed by atoms with E-state index in [1.807, 2.05) is 30.3 Å². The second kappa shape index (κ2) is 6.58. The molecular weight excluding hydrogens is 290 g/mol. The summed E-state index contributed by atoms with van der Waals surface area (Å²) in [5.41, 5.74) is 2.06. The molecule has 23 heavy (non-hydrogen) atoms. The standard InChI is InChI=1S/C19H17NO3/c1-23-16-8-6-13(7-9-16)18(21)11-19(22)15-10-14-4-2-3-5-17(14)20-12-15/h2-10,12,19,22H,11H2,1H3. The molecule has 0 fully saturated rings. The van der Waals surface area contributed by atoms with Crippen molar-refractivity contribution in [3.05, 3.63) is 71.9 Å². The van der Waals surface area contributed by atoms with Crippen LogP contribution in [0.1, 0.15) is 28.4 Å². The lowest BCUT2D eigenvalue weighted by atomic mass is 10.0. The number of ether oxygens (including phenoxy) is 1. The van der Waals surface area contributed by atoms with Gasteiger partial charge in [0, 0.05) is 23.6 Å². The molecule has 0 spiro atoms. The van der Waals surface area contributed by atoms with Gasteiger partial charge in [-0.3, -0.25) is 9.78 Å². The van der Waals surface area contributed by atoms with Crippen LogP contribution in [0.2, 0.25) is 0 Å². The molecule has 1 aromatic heterocycles. The van der Waals surface area contributed by atoms with E-state index < -0.39 is 6.10 Å². The molecule has 0 amide bonds. The molecule has 0 aliphatic carbocycles. The number of nitrogens with zero attached hydrogens (tertiary/aromatic N) is 1. The predicted molar refractivity (Wildman–Crippen MR) is 88.6 cm³/mol. The summed E-state index contributed by atoms with van der Waals surface area (Å²) in [6, 6.07) is 16.4. The molecule has 4 heteroatoms. The third-order valence-electron chi connectivity index (χ3n) is 3.79. The van der Waals surface area contributed by atoms with Crippen molar-refractivity contribution in [2.75, 3.05) is 7.11 Å². The summed E-state index contributed by atoms with van der Waals surface area (Å²) in [6.45, 7) is 0. The number of Topliss-reactive ketones (excluding diaryl/α,β-unsaturated/α-hetero) is 1. The van der Waals surface area contributed by atoms with E-state index in [9.17, 15) is 9.90 Å². The number of rotatable bonds is 5. The first-order valence-corrected chi connectivity index (χ1v) is 7.37. The highest BCUT2D eigenvalue weighted by atomic mass is 16.5. The lowest BCUT2D eigenvalue weighted by Gasteiger charge is -2.11. The average molecular weight is 307 g/mol. The smallest absolute Gasteiger partial charge is 0.165 e. The van der Waals surface area contributed by atoms with Gasteiger partial charge in [0.2, 0.25) is 0 Å². The Hall–Kier alpha value is -2.72. The molecule has 3 rings (SSSR count). The van der Waals surface area contributed by atoms with Gasteiger partial charge < -0.3 is 9.84 Å². The van der Waals surface area contributed by atoms with Crippen LogP contribution >= 0.6 is 0 Å². The Balaban J connectivity index is 1.76. The van der Waals surface area contributed by atoms with E-state index in [0.717, 1.165) is 10.9 Å². The Morgan fingerprint density at radius 1 is 1.17 bits per heavy atom. The highest BCUT2D eigenvalue weighted by molar-refractivity contribution is 5.96. The Labute approximate surface area is 134 Å². The minimum Gasteiger partial charge on any atom is -0.497 e. The fourth-order valence-corrected chi connectivity index (χ4v) is 2.46. The van der Waals surface area contributed by atoms with E-state index in [1.54, 1.807) is 37.6 Å². The van der Waals surface area contributed by atoms with Crippen molar-refractivity contribution >= 4 is 16.7 Å². The lowest BCUT2D eigenvalue weighted by molar-refractivity contribution is 0.0880. The molecule has 0 radical (unpaired) electrons. The number of methoxy groups -OCH3 is 1. The number of carbonyl (C=O) groups is 1. The van der Waals surface area contributed by atoms with Crippen molar-refractivity contribution in [3.63, 3.8) is 0 Å². The summed E-state index contributed by atoms with van der Waals surface area (Å²) in [7, 11) is 1.58. The van der Waals surface area contributed by atoms with Gasteiger partial charge in [0.15, 0.2) is 5.78 Å². The van der Waals surface area contributed by atoms with Crippen LogP contribution in [0.4, 0.5) is 0 Å². The molecule has 1 atom stereocenters. The van der Waals surface area contributed by atoms with Crippen LogP contribution in [-0.4, -0.2) is 23.0 Å². The third kappa shape index (κ3) is 3.38. The van der Waals surface area contributed by atoms with E-state index in [2.05, 4.69) is 4.98 Å². The van der Waals surface area contributed by atoms with Gasteiger partial charge in [-0.2, -0.15) is 0 Å². The lowest BCUT2D eigenvalue weighted by Crippen LogP contribution is -2.07. The normalized spacial score (nSPS) is 12.1. The maximum atomic E-state index is 12.3. The highest BCUT2D eigenvalue weighted by Crippen LogP contribution is 2.22. The van der Waals surface area contributed by atoms with E-state index in [0.29, 0.717) is 16.9 Å². The topological polar surface area (TPSA) is 59.4 Å². The number of hydrogen-bond donors (Lipinski definition) is 1. The van der Waals surface area contributed by atoms with Gasteiger partial charge in [-0.15, -0.1) is 0 Å². The summed E-state index contributed by atoms with van der Waals surface area (Å²) in [5.74, 6) is 0.578. The number of carbonyl (C=O) groups excluding carboxylic acids is 1. The molecule has 1 heterocycles. The molecule has 0 saturated heterocycles. The SMILES string of the molecule is COc1ccc(C(=O)CC(O)c2cnc3ccccc3c2)cc1. The molecule has 116 valence electrons. The minimum absolute atomic E-state index is 0.0202. The molecule has 0 saturated carbocycles. The third-order valence-corrected chi connectivity index (χ3v) is 3.79. The Bertz CT molecular complexity index is 827. The molecule has 0 aliphatic rings. The maximum absolute atomic E-state index is 12.3. The first-order chi connectivity index (χ1) is 11.2. The number of fused-ring (bicyclic) bond motifs is 1. The molecule has 3 aromatic rings. The van der Waals surface area contributed by atoms with Crippen molar-refractivity contribution in [2.24, 2.45) is 0 Å². The van der Waals surface area contributed by atoms with Crippen molar-refractivity contribution in [1.82, 2.24) is 4.98 Å². The van der Waals surface area contributed by atoms with Crippen LogP contribution in [0.25, 0.3) is 10.9 Å². The predicted octanol–water partition coefficient (Wildman–Crippen LogP) is 3.55. The molecule has 1 N–H and O–H groups in total. The van der Waals surface area contributed by atoms with Crippen LogP contribution in [0.5, 0.6) is 5.75 Å². The van der Waals surface area contributed by atoms with Gasteiger partial charge in [-0.25, -0.2) is 0 Å². The maximum Gasteiger partial charge on any atom is 0.165 e. The number of ketones is 1. The molecule has 2 aromatic carbocycles. The number of pyridine rings is 1. The first kappa shape index (κ1) is 15.2. The van der Waals surface area contributed by atoms with Gasteiger partial charge in [0.25, 0.3) is 0 Å². The molecule has 0 bridgehead atoms. The Morgan fingerprint density at radius 3 is 2.65 bits per heavy atom. The quantitative estimate of drug-likeness (QED) is 0.732. The summed E-state index contributed by atoms with van der Waals surface area (Å²) in [5, 5.41) is 11.3. The zero-order valence-corrected chi connectivity index (χ0v) is 12.8. The molecule has 4 nitrogen and oxygen atoms in total. The first-order valence-electron chi connectivity index (χ1n) is 7.37. The number of benzene rings is 2. The van der Waals surface area contributed by atoms with Crippen molar-refractivity contribution in [1.29, 1.82) is 0 Å². The fraction of sp³-hybridized carbons (Fsp3) is 0.158. The minimum atomic E-state index is -0.873. The zero-order valence-electron chi connectivity index (χ0n) is 12.8. The van der Waals surface area contributed by atoms with Crippen LogP contribution < -0.4 is 4.74 Å². The summed E-state index contributed by atoms with van der Waals surface area (Å²) >= 11 is 0. The second-order valence-electron chi connectivity index (χ2n) is 5.33. The van der Waals surface area contributed by atoms with Crippen LogP contribution in [0, 0.1) is 0 Å². The number of para-hydroxylation sites is 1. The Morgan fingerprint density at radius 2 is 1.91 bits per heavy atom. The largest absolute Gasteiger partial charge is 0.497 e. The number of aliphatic hydroxyl groups is 1. The van der Waals surface area contributed by atoms with Crippen LogP contribution in [0.3, 0.4) is 0 Å². The number of aromatic nitrogens is 1. The zero-order chi connectivity index (χ0) is 16.2. The number of hydrogen-bond acceptors (Lipinski definition) is 4. The van der Waals surface area contributed by atoms with Gasteiger partial charge in [0.1, 0.15) is 5.75 Å². The number of aliphatic hydroxyl groups excluding tert-OH is 1. The van der Waals surface area contributed by atoms with E-state index in [-0.39, 0.29) is 12.2 Å². The molecule has 0 aliphatic heterocycles. The van der Waals surface area contributed by atoms with Gasteiger partial charge in [-0.1, -0.05) is 18.2 Å². The molecule has 1 unspecified atom stereocenters. The fourth-order valence-electron chi connectivity index (χ4n) is 2.46. The van der Waals surface area contributed by atoms with E-state index in [4.69, 9.17) is 4.74 Å². The average Bonchev–Trinajstić information content (AvgIpc) is 2.61. The van der Waals surface area contributed by atoms with Gasteiger partial charge >= 0.3 is 0 Å². The van der Waals surface area contributed by atoms with Crippen molar-refractivity contribution in [3.8, 4) is 5.75 Å². The van der Waals surface area contributed by atoms with E-state index in [1.165, 1.54) is 0 Å². The molecular formula is C19H17NO3. The van der Waals surface area contributed by atoms with Crippen molar-refractivity contribution in [2.45, 2.75) is 12.5 Å². The van der Waals surface area contributed by atoms with Crippen molar-refractivity contribution < 1.29 is 14.6 Å². The van der Waals surface area contributed by atoms with Crippen LogP contribution in [-0.2, 0) is 0 Å². The summed E-state index contributed by atoms with van der Waals surface area (Å²) < 4.78 is 5.07. The van der Waals surface area contributed by atoms with E-state index >= 15 is 0 Å².